The van der Waals surface area contributed by atoms with Crippen LogP contribution in [0.15, 0.2) is 61.4 Å². The molecular weight excluding hydrogens is 332 g/mol. The van der Waals surface area contributed by atoms with E-state index in [9.17, 15) is 0 Å². The fourth-order valence-corrected chi connectivity index (χ4v) is 2.65. The van der Waals surface area contributed by atoms with Gasteiger partial charge >= 0.3 is 0 Å². The summed E-state index contributed by atoms with van der Waals surface area (Å²) in [6, 6.07) is 9.87. The van der Waals surface area contributed by atoms with Crippen LogP contribution in [0.5, 0.6) is 0 Å². The molecule has 0 spiro atoms. The molecule has 3 N–H and O–H groups in total. The number of nitrogens with one attached hydrogen (secondary N) is 1. The van der Waals surface area contributed by atoms with Crippen LogP contribution in [-0.2, 0) is 10.5 Å². The van der Waals surface area contributed by atoms with E-state index in [0.29, 0.717) is 11.7 Å². The van der Waals surface area contributed by atoms with Gasteiger partial charge in [0.25, 0.3) is 0 Å². The highest BCUT2D eigenvalue weighted by Gasteiger charge is 2.11. The molecule has 0 saturated heterocycles. The smallest absolute Gasteiger partial charge is 0.227 e. The topological polar surface area (TPSA) is 73.1 Å². The van der Waals surface area contributed by atoms with Crippen LogP contribution in [0.1, 0.15) is 17.0 Å². The molecule has 0 saturated carbocycles. The predicted octanol–water partition coefficient (Wildman–Crippen LogP) is 4.37. The Kier molecular flexibility index (Phi) is 6.80. The van der Waals surface area contributed by atoms with Crippen molar-refractivity contribution in [3.8, 4) is 0 Å². The van der Waals surface area contributed by atoms with Crippen LogP contribution in [0.4, 0.5) is 11.6 Å². The number of aromatic nitrogens is 2. The number of hydrogen-bond donors (Lipinski definition) is 2. The zero-order valence-electron chi connectivity index (χ0n) is 14.5. The molecule has 0 fully saturated rings. The van der Waals surface area contributed by atoms with E-state index < -0.39 is 0 Å². The third-order valence-corrected chi connectivity index (χ3v) is 3.89. The molecule has 0 atom stereocenters. The minimum atomic E-state index is 0.506. The number of nitrogens with zero attached hydrogens (tertiary/aromatic N) is 2. The maximum atomic E-state index is 5.54. The summed E-state index contributed by atoms with van der Waals surface area (Å²) < 4.78 is 5.25. The highest BCUT2D eigenvalue weighted by molar-refractivity contribution is 7.96. The van der Waals surface area contributed by atoms with Crippen LogP contribution in [0, 0.1) is 6.92 Å². The zero-order chi connectivity index (χ0) is 18.2. The van der Waals surface area contributed by atoms with Gasteiger partial charge in [0.05, 0.1) is 12.8 Å². The van der Waals surface area contributed by atoms with E-state index in [1.165, 1.54) is 11.9 Å². The Morgan fingerprint density at radius 1 is 1.36 bits per heavy atom. The molecule has 5 nitrogen and oxygen atoms in total. The maximum absolute atomic E-state index is 5.54. The SMILES string of the molecule is C=C/C=C(\C(=C)OC)c1cc(C)nc(Nc2cccc(CSN)c2)n1. The molecule has 0 bridgehead atoms. The van der Waals surface area contributed by atoms with Crippen LogP contribution in [0.25, 0.3) is 5.57 Å². The largest absolute Gasteiger partial charge is 0.497 e. The second-order valence-electron chi connectivity index (χ2n) is 5.30. The minimum absolute atomic E-state index is 0.506. The van der Waals surface area contributed by atoms with E-state index >= 15 is 0 Å². The van der Waals surface area contributed by atoms with Gasteiger partial charge in [0.1, 0.15) is 5.76 Å². The number of methoxy groups -OCH3 is 1. The molecule has 1 aromatic carbocycles. The molecule has 0 amide bonds. The molecule has 1 heterocycles. The van der Waals surface area contributed by atoms with Crippen LogP contribution < -0.4 is 10.5 Å². The molecule has 0 aliphatic rings. The molecular formula is C19H22N4OS. The summed E-state index contributed by atoms with van der Waals surface area (Å²) in [6.07, 6.45) is 3.49. The van der Waals surface area contributed by atoms with Crippen molar-refractivity contribution in [3.05, 3.63) is 78.4 Å². The molecule has 0 unspecified atom stereocenters. The van der Waals surface area contributed by atoms with Crippen molar-refractivity contribution in [2.45, 2.75) is 12.7 Å². The average Bonchev–Trinajstić information content (AvgIpc) is 2.59. The summed E-state index contributed by atoms with van der Waals surface area (Å²) in [5.74, 6) is 1.77. The van der Waals surface area contributed by atoms with Gasteiger partial charge in [-0.25, -0.2) is 9.97 Å². The highest BCUT2D eigenvalue weighted by atomic mass is 32.2. The van der Waals surface area contributed by atoms with Crippen molar-refractivity contribution in [2.24, 2.45) is 5.14 Å². The van der Waals surface area contributed by atoms with E-state index in [1.807, 2.05) is 43.3 Å². The predicted molar refractivity (Wildman–Crippen MR) is 106 cm³/mol. The molecule has 0 aliphatic carbocycles. The Labute approximate surface area is 152 Å². The molecule has 2 aromatic rings. The van der Waals surface area contributed by atoms with Gasteiger partial charge in [0.15, 0.2) is 0 Å². The van der Waals surface area contributed by atoms with E-state index in [2.05, 4.69) is 28.4 Å². The van der Waals surface area contributed by atoms with Crippen LogP contribution >= 0.6 is 11.9 Å². The Morgan fingerprint density at radius 3 is 2.84 bits per heavy atom. The van der Waals surface area contributed by atoms with E-state index in [0.717, 1.165) is 34.0 Å². The Hall–Kier alpha value is -2.57. The van der Waals surface area contributed by atoms with Crippen molar-refractivity contribution >= 4 is 29.2 Å². The van der Waals surface area contributed by atoms with E-state index in [1.54, 1.807) is 13.2 Å². The molecule has 0 radical (unpaired) electrons. The third kappa shape index (κ3) is 5.20. The van der Waals surface area contributed by atoms with Crippen molar-refractivity contribution in [1.82, 2.24) is 9.97 Å². The van der Waals surface area contributed by atoms with Crippen LogP contribution in [-0.4, -0.2) is 17.1 Å². The minimum Gasteiger partial charge on any atom is -0.497 e. The fourth-order valence-electron chi connectivity index (χ4n) is 2.28. The summed E-state index contributed by atoms with van der Waals surface area (Å²) in [5.41, 5.74) is 4.35. The first kappa shape index (κ1) is 18.8. The quantitative estimate of drug-likeness (QED) is 0.417. The van der Waals surface area contributed by atoms with Gasteiger partial charge in [-0.3, -0.25) is 5.14 Å². The lowest BCUT2D eigenvalue weighted by Crippen LogP contribution is -2.03. The summed E-state index contributed by atoms with van der Waals surface area (Å²) in [5, 5.41) is 8.79. The number of rotatable bonds is 8. The summed E-state index contributed by atoms with van der Waals surface area (Å²) in [4.78, 5) is 9.04. The fraction of sp³-hybridized carbons (Fsp3) is 0.158. The van der Waals surface area contributed by atoms with Gasteiger partial charge in [-0.15, -0.1) is 0 Å². The third-order valence-electron chi connectivity index (χ3n) is 3.39. The highest BCUT2D eigenvalue weighted by Crippen LogP contribution is 2.24. The van der Waals surface area contributed by atoms with Crippen molar-refractivity contribution in [2.75, 3.05) is 12.4 Å². The van der Waals surface area contributed by atoms with Crippen molar-refractivity contribution in [1.29, 1.82) is 0 Å². The van der Waals surface area contributed by atoms with Crippen molar-refractivity contribution < 1.29 is 4.74 Å². The van der Waals surface area contributed by atoms with Gasteiger partial charge in [0.2, 0.25) is 5.95 Å². The number of allylic oxidation sites excluding steroid dienone is 3. The van der Waals surface area contributed by atoms with Gasteiger partial charge in [-0.05, 0) is 36.8 Å². The standard InChI is InChI=1S/C19H22N4OS/c1-5-7-17(14(3)24-4)18-10-13(2)21-19(23-18)22-16-9-6-8-15(11-16)12-25-20/h5-11H,1,3,12,20H2,2,4H3,(H,21,22,23)/b17-7+. The molecule has 25 heavy (non-hydrogen) atoms. The Bertz CT molecular complexity index is 802. The number of ether oxygens (including phenoxy) is 1. The van der Waals surface area contributed by atoms with Crippen molar-refractivity contribution in [3.63, 3.8) is 0 Å². The van der Waals surface area contributed by atoms with Crippen LogP contribution in [0.3, 0.4) is 0 Å². The lowest BCUT2D eigenvalue weighted by molar-refractivity contribution is 0.312. The second kappa shape index (κ2) is 9.05. The molecule has 2 rings (SSSR count). The lowest BCUT2D eigenvalue weighted by Gasteiger charge is -2.12. The van der Waals surface area contributed by atoms with Crippen LogP contribution in [0.2, 0.25) is 0 Å². The summed E-state index contributed by atoms with van der Waals surface area (Å²) in [6.45, 7) is 9.56. The average molecular weight is 354 g/mol. The molecule has 0 aliphatic heterocycles. The second-order valence-corrected chi connectivity index (χ2v) is 5.92. The summed E-state index contributed by atoms with van der Waals surface area (Å²) >= 11 is 1.29. The van der Waals surface area contributed by atoms with Gasteiger partial charge in [0, 0.05) is 22.7 Å². The first-order valence-electron chi connectivity index (χ1n) is 7.67. The molecule has 6 heteroatoms. The van der Waals surface area contributed by atoms with E-state index in [-0.39, 0.29) is 0 Å². The maximum Gasteiger partial charge on any atom is 0.227 e. The first-order chi connectivity index (χ1) is 12.1. The monoisotopic (exact) mass is 354 g/mol. The number of nitrogens with two attached hydrogens (primary N) is 1. The number of anilines is 2. The number of aryl methyl sites for hydroxylation is 1. The number of benzene rings is 1. The van der Waals surface area contributed by atoms with Gasteiger partial charge in [-0.1, -0.05) is 43.3 Å². The zero-order valence-corrected chi connectivity index (χ0v) is 15.3. The Morgan fingerprint density at radius 2 is 2.16 bits per heavy atom. The number of hydrogen-bond acceptors (Lipinski definition) is 6. The lowest BCUT2D eigenvalue weighted by atomic mass is 10.1. The van der Waals surface area contributed by atoms with Gasteiger partial charge < -0.3 is 10.1 Å². The van der Waals surface area contributed by atoms with E-state index in [4.69, 9.17) is 9.88 Å². The molecule has 130 valence electrons. The summed E-state index contributed by atoms with van der Waals surface area (Å²) in [7, 11) is 1.58. The molecule has 1 aromatic heterocycles. The Balaban J connectivity index is 2.35. The van der Waals surface area contributed by atoms with Gasteiger partial charge in [-0.2, -0.15) is 0 Å². The normalized spacial score (nSPS) is 11.1. The first-order valence-corrected chi connectivity index (χ1v) is 8.72.